The van der Waals surface area contributed by atoms with Gasteiger partial charge in [-0.3, -0.25) is 10.1 Å². The number of thiophene rings is 1. The molecular formula is C21H25N3O4S. The van der Waals surface area contributed by atoms with E-state index in [0.29, 0.717) is 16.4 Å². The minimum absolute atomic E-state index is 0.186. The number of carbonyl (C=O) groups is 3. The van der Waals surface area contributed by atoms with Gasteiger partial charge in [0.05, 0.1) is 23.3 Å². The maximum absolute atomic E-state index is 12.2. The van der Waals surface area contributed by atoms with E-state index in [2.05, 4.69) is 29.7 Å². The van der Waals surface area contributed by atoms with Crippen LogP contribution in [0, 0.1) is 6.92 Å². The molecular weight excluding hydrogens is 390 g/mol. The van der Waals surface area contributed by atoms with Crippen molar-refractivity contribution in [3.8, 4) is 0 Å². The molecule has 29 heavy (non-hydrogen) atoms. The van der Waals surface area contributed by atoms with Gasteiger partial charge in [0, 0.05) is 0 Å². The number of ketones is 1. The molecule has 0 saturated heterocycles. The Labute approximate surface area is 174 Å². The quantitative estimate of drug-likeness (QED) is 0.296. The Morgan fingerprint density at radius 2 is 1.86 bits per heavy atom. The molecule has 7 nitrogen and oxygen atoms in total. The van der Waals surface area contributed by atoms with Gasteiger partial charge in [0.15, 0.2) is 5.78 Å². The number of nitrogens with zero attached hydrogens (tertiary/aromatic N) is 1. The van der Waals surface area contributed by atoms with E-state index in [0.717, 1.165) is 16.9 Å². The standard InChI is InChI=1S/C21H25N3O4S/c1-6-28-20(26)17-13(4)18(14(5)25)29-19(17)23-21(27)24-22-11-15-7-9-16(10-8-15)12(2)3/h7-12H,6H2,1-5H3,(H2,23,24,27). The molecule has 8 heteroatoms. The van der Waals surface area contributed by atoms with Gasteiger partial charge in [-0.2, -0.15) is 5.10 Å². The Morgan fingerprint density at radius 1 is 1.21 bits per heavy atom. The molecule has 1 aromatic heterocycles. The van der Waals surface area contributed by atoms with Gasteiger partial charge in [-0.15, -0.1) is 11.3 Å². The number of hydrazone groups is 1. The Balaban J connectivity index is 2.10. The average molecular weight is 416 g/mol. The summed E-state index contributed by atoms with van der Waals surface area (Å²) in [5, 5.41) is 6.75. The number of benzene rings is 1. The van der Waals surface area contributed by atoms with Crippen molar-refractivity contribution in [3.05, 3.63) is 51.4 Å². The van der Waals surface area contributed by atoms with Crippen LogP contribution in [-0.4, -0.2) is 30.6 Å². The van der Waals surface area contributed by atoms with Gasteiger partial charge >= 0.3 is 12.0 Å². The third-order valence-electron chi connectivity index (χ3n) is 4.16. The zero-order valence-corrected chi connectivity index (χ0v) is 18.0. The first kappa shape index (κ1) is 22.3. The van der Waals surface area contributed by atoms with Crippen LogP contribution in [0.2, 0.25) is 0 Å². The van der Waals surface area contributed by atoms with Gasteiger partial charge in [-0.25, -0.2) is 15.0 Å². The van der Waals surface area contributed by atoms with Crippen molar-refractivity contribution in [2.45, 2.75) is 40.5 Å². The summed E-state index contributed by atoms with van der Waals surface area (Å²) < 4.78 is 5.04. The van der Waals surface area contributed by atoms with E-state index in [1.807, 2.05) is 24.3 Å². The normalized spacial score (nSPS) is 11.0. The van der Waals surface area contributed by atoms with Gasteiger partial charge in [0.1, 0.15) is 5.00 Å². The molecule has 0 fully saturated rings. The SMILES string of the molecule is CCOC(=O)c1c(NC(=O)NN=Cc2ccc(C(C)C)cc2)sc(C(C)=O)c1C. The minimum Gasteiger partial charge on any atom is -0.462 e. The van der Waals surface area contributed by atoms with E-state index in [1.54, 1.807) is 13.8 Å². The number of anilines is 1. The molecule has 0 unspecified atom stereocenters. The summed E-state index contributed by atoms with van der Waals surface area (Å²) in [7, 11) is 0. The van der Waals surface area contributed by atoms with Gasteiger partial charge in [0.25, 0.3) is 0 Å². The van der Waals surface area contributed by atoms with E-state index < -0.39 is 12.0 Å². The largest absolute Gasteiger partial charge is 0.462 e. The van der Waals surface area contributed by atoms with Crippen molar-refractivity contribution in [2.75, 3.05) is 11.9 Å². The van der Waals surface area contributed by atoms with Crippen molar-refractivity contribution in [1.82, 2.24) is 5.43 Å². The Bertz CT molecular complexity index is 930. The number of nitrogens with one attached hydrogen (secondary N) is 2. The smallest absolute Gasteiger partial charge is 0.341 e. The topological polar surface area (TPSA) is 96.9 Å². The van der Waals surface area contributed by atoms with Crippen LogP contribution < -0.4 is 10.7 Å². The molecule has 0 aliphatic rings. The molecule has 0 aliphatic carbocycles. The Morgan fingerprint density at radius 3 is 2.41 bits per heavy atom. The van der Waals surface area contributed by atoms with Crippen molar-refractivity contribution in [3.63, 3.8) is 0 Å². The third kappa shape index (κ3) is 5.74. The maximum Gasteiger partial charge on any atom is 0.341 e. The monoisotopic (exact) mass is 415 g/mol. The number of hydrogen-bond donors (Lipinski definition) is 2. The van der Waals surface area contributed by atoms with Crippen molar-refractivity contribution in [1.29, 1.82) is 0 Å². The van der Waals surface area contributed by atoms with Crippen LogP contribution in [0.25, 0.3) is 0 Å². The second-order valence-corrected chi connectivity index (χ2v) is 7.70. The summed E-state index contributed by atoms with van der Waals surface area (Å²) in [5.74, 6) is -0.334. The first-order valence-electron chi connectivity index (χ1n) is 9.26. The van der Waals surface area contributed by atoms with Crippen LogP contribution in [-0.2, 0) is 4.74 Å². The maximum atomic E-state index is 12.2. The number of carbonyl (C=O) groups excluding carboxylic acids is 3. The van der Waals surface area contributed by atoms with E-state index in [-0.39, 0.29) is 23.0 Å². The summed E-state index contributed by atoms with van der Waals surface area (Å²) in [4.78, 5) is 36.7. The Kier molecular flexibility index (Phi) is 7.67. The van der Waals surface area contributed by atoms with Crippen LogP contribution in [0.3, 0.4) is 0 Å². The first-order valence-corrected chi connectivity index (χ1v) is 10.1. The molecule has 2 rings (SSSR count). The predicted molar refractivity (Wildman–Crippen MR) is 115 cm³/mol. The van der Waals surface area contributed by atoms with Crippen molar-refractivity contribution < 1.29 is 19.1 Å². The summed E-state index contributed by atoms with van der Waals surface area (Å²) >= 11 is 1.04. The number of rotatable bonds is 7. The second kappa shape index (κ2) is 9.97. The molecule has 0 aliphatic heterocycles. The van der Waals surface area contributed by atoms with E-state index in [9.17, 15) is 14.4 Å². The van der Waals surface area contributed by atoms with Gasteiger partial charge < -0.3 is 4.74 Å². The van der Waals surface area contributed by atoms with E-state index >= 15 is 0 Å². The molecule has 1 heterocycles. The molecule has 0 bridgehead atoms. The summed E-state index contributed by atoms with van der Waals surface area (Å²) in [6.07, 6.45) is 1.52. The van der Waals surface area contributed by atoms with Crippen LogP contribution in [0.4, 0.5) is 9.80 Å². The van der Waals surface area contributed by atoms with Crippen LogP contribution >= 0.6 is 11.3 Å². The summed E-state index contributed by atoms with van der Waals surface area (Å²) in [5.41, 5.74) is 5.10. The highest BCUT2D eigenvalue weighted by Crippen LogP contribution is 2.34. The molecule has 0 radical (unpaired) electrons. The number of ether oxygens (including phenoxy) is 1. The first-order chi connectivity index (χ1) is 13.7. The van der Waals surface area contributed by atoms with E-state index in [4.69, 9.17) is 4.74 Å². The number of urea groups is 1. The van der Waals surface area contributed by atoms with Gasteiger partial charge in [-0.1, -0.05) is 38.1 Å². The number of hydrogen-bond acceptors (Lipinski definition) is 6. The summed E-state index contributed by atoms with van der Waals surface area (Å²) in [6, 6.07) is 7.23. The summed E-state index contributed by atoms with van der Waals surface area (Å²) in [6.45, 7) is 9.17. The molecule has 1 aromatic carbocycles. The number of amides is 2. The van der Waals surface area contributed by atoms with Gasteiger partial charge in [-0.05, 0) is 43.4 Å². The van der Waals surface area contributed by atoms with Crippen LogP contribution in [0.15, 0.2) is 29.4 Å². The minimum atomic E-state index is -0.623. The lowest BCUT2D eigenvalue weighted by Gasteiger charge is -2.06. The van der Waals surface area contributed by atoms with E-state index in [1.165, 1.54) is 18.7 Å². The fourth-order valence-corrected chi connectivity index (χ4v) is 3.74. The third-order valence-corrected chi connectivity index (χ3v) is 5.46. The highest BCUT2D eigenvalue weighted by molar-refractivity contribution is 7.18. The molecule has 154 valence electrons. The van der Waals surface area contributed by atoms with Crippen molar-refractivity contribution >= 4 is 40.3 Å². The number of esters is 1. The van der Waals surface area contributed by atoms with Crippen LogP contribution in [0.1, 0.15) is 70.3 Å². The average Bonchev–Trinajstić information content (AvgIpc) is 2.98. The molecule has 0 saturated carbocycles. The van der Waals surface area contributed by atoms with Crippen LogP contribution in [0.5, 0.6) is 0 Å². The molecule has 2 aromatic rings. The fraction of sp³-hybridized carbons (Fsp3) is 0.333. The molecule has 2 amide bonds. The Hall–Kier alpha value is -3.00. The molecule has 0 atom stereocenters. The molecule has 2 N–H and O–H groups in total. The lowest BCUT2D eigenvalue weighted by molar-refractivity contribution is 0.0527. The lowest BCUT2D eigenvalue weighted by atomic mass is 10.0. The highest BCUT2D eigenvalue weighted by atomic mass is 32.1. The zero-order valence-electron chi connectivity index (χ0n) is 17.2. The fourth-order valence-electron chi connectivity index (χ4n) is 2.65. The number of Topliss-reactive ketones (excluding diaryl/α,β-unsaturated/α-hetero) is 1. The highest BCUT2D eigenvalue weighted by Gasteiger charge is 2.25. The zero-order chi connectivity index (χ0) is 21.6. The molecule has 0 spiro atoms. The van der Waals surface area contributed by atoms with Gasteiger partial charge in [0.2, 0.25) is 0 Å². The van der Waals surface area contributed by atoms with Crippen molar-refractivity contribution in [2.24, 2.45) is 5.10 Å². The second-order valence-electron chi connectivity index (χ2n) is 6.68. The lowest BCUT2D eigenvalue weighted by Crippen LogP contribution is -2.24. The predicted octanol–water partition coefficient (Wildman–Crippen LogP) is 4.71.